The average Bonchev–Trinajstić information content (AvgIpc) is 2.56. The van der Waals surface area contributed by atoms with Crippen LogP contribution in [0.4, 0.5) is 4.79 Å². The van der Waals surface area contributed by atoms with E-state index in [1.807, 2.05) is 30.3 Å². The molecule has 22 heavy (non-hydrogen) atoms. The second-order valence-corrected chi connectivity index (χ2v) is 4.62. The van der Waals surface area contributed by atoms with Gasteiger partial charge < -0.3 is 14.8 Å². The number of nitrogens with one attached hydrogen (secondary N) is 1. The van der Waals surface area contributed by atoms with Crippen molar-refractivity contribution in [3.63, 3.8) is 0 Å². The number of esters is 1. The van der Waals surface area contributed by atoms with Gasteiger partial charge in [-0.1, -0.05) is 42.5 Å². The predicted octanol–water partition coefficient (Wildman–Crippen LogP) is 2.83. The van der Waals surface area contributed by atoms with Gasteiger partial charge in [0.1, 0.15) is 6.61 Å². The molecule has 0 fully saturated rings. The quantitative estimate of drug-likeness (QED) is 0.592. The number of benzene rings is 1. The van der Waals surface area contributed by atoms with Crippen molar-refractivity contribution in [1.82, 2.24) is 5.32 Å². The Hall–Kier alpha value is -2.56. The standard InChI is InChI=1S/C17H21NO4/c1-4-9-14(16(19)21-3)15(5-2)18-17(20)22-12-13-10-7-6-8-11-13/h4-8,10-11,14-15H,1-2,9,12H2,3H3,(H,18,20)/t14-,15-/m0/s1. The smallest absolute Gasteiger partial charge is 0.407 e. The van der Waals surface area contributed by atoms with Gasteiger partial charge in [0, 0.05) is 0 Å². The molecular weight excluding hydrogens is 282 g/mol. The van der Waals surface area contributed by atoms with Gasteiger partial charge in [-0.3, -0.25) is 4.79 Å². The van der Waals surface area contributed by atoms with Crippen molar-refractivity contribution in [3.05, 3.63) is 61.2 Å². The number of carbonyl (C=O) groups is 2. The molecule has 0 aliphatic carbocycles. The molecule has 0 unspecified atom stereocenters. The Morgan fingerprint density at radius 1 is 1.27 bits per heavy atom. The van der Waals surface area contributed by atoms with Crippen LogP contribution in [0.1, 0.15) is 12.0 Å². The SMILES string of the molecule is C=CC[C@H](C(=O)OC)[C@H](C=C)NC(=O)OCc1ccccc1. The average molecular weight is 303 g/mol. The van der Waals surface area contributed by atoms with Crippen LogP contribution in [0.5, 0.6) is 0 Å². The first kappa shape index (κ1) is 17.5. The summed E-state index contributed by atoms with van der Waals surface area (Å²) in [5, 5.41) is 2.61. The Morgan fingerprint density at radius 2 is 1.95 bits per heavy atom. The molecule has 5 heteroatoms. The molecule has 0 radical (unpaired) electrons. The number of carbonyl (C=O) groups excluding carboxylic acids is 2. The summed E-state index contributed by atoms with van der Waals surface area (Å²) in [5.41, 5.74) is 0.878. The minimum Gasteiger partial charge on any atom is -0.469 e. The van der Waals surface area contributed by atoms with Crippen LogP contribution in [0.3, 0.4) is 0 Å². The van der Waals surface area contributed by atoms with Crippen molar-refractivity contribution in [2.75, 3.05) is 7.11 Å². The minimum atomic E-state index is -0.619. The number of allylic oxidation sites excluding steroid dienone is 1. The fourth-order valence-corrected chi connectivity index (χ4v) is 1.95. The number of methoxy groups -OCH3 is 1. The first-order valence-electron chi connectivity index (χ1n) is 6.90. The summed E-state index contributed by atoms with van der Waals surface area (Å²) in [7, 11) is 1.30. The summed E-state index contributed by atoms with van der Waals surface area (Å²) >= 11 is 0. The number of hydrogen-bond donors (Lipinski definition) is 1. The highest BCUT2D eigenvalue weighted by atomic mass is 16.5. The summed E-state index contributed by atoms with van der Waals surface area (Å²) in [5.74, 6) is -1.02. The van der Waals surface area contributed by atoms with E-state index in [-0.39, 0.29) is 6.61 Å². The number of rotatable bonds is 8. The van der Waals surface area contributed by atoms with E-state index in [1.165, 1.54) is 13.2 Å². The van der Waals surface area contributed by atoms with Crippen LogP contribution in [-0.4, -0.2) is 25.2 Å². The summed E-state index contributed by atoms with van der Waals surface area (Å²) in [4.78, 5) is 23.6. The number of hydrogen-bond acceptors (Lipinski definition) is 4. The third-order valence-corrected chi connectivity index (χ3v) is 3.11. The lowest BCUT2D eigenvalue weighted by atomic mass is 9.96. The highest BCUT2D eigenvalue weighted by molar-refractivity contribution is 5.75. The molecule has 0 saturated carbocycles. The molecule has 1 rings (SSSR count). The van der Waals surface area contributed by atoms with Gasteiger partial charge in [0.2, 0.25) is 0 Å². The minimum absolute atomic E-state index is 0.154. The van der Waals surface area contributed by atoms with Crippen LogP contribution in [-0.2, 0) is 20.9 Å². The Balaban J connectivity index is 2.59. The molecule has 2 atom stereocenters. The Morgan fingerprint density at radius 3 is 2.50 bits per heavy atom. The van der Waals surface area contributed by atoms with Gasteiger partial charge in [0.05, 0.1) is 19.1 Å². The van der Waals surface area contributed by atoms with Crippen LogP contribution >= 0.6 is 0 Å². The van der Waals surface area contributed by atoms with E-state index >= 15 is 0 Å². The molecule has 0 aliphatic rings. The Bertz CT molecular complexity index is 513. The van der Waals surface area contributed by atoms with E-state index in [2.05, 4.69) is 18.5 Å². The lowest BCUT2D eigenvalue weighted by Gasteiger charge is -2.22. The fraction of sp³-hybridized carbons (Fsp3) is 0.294. The second kappa shape index (κ2) is 9.39. The van der Waals surface area contributed by atoms with Crippen molar-refractivity contribution < 1.29 is 19.1 Å². The molecule has 0 bridgehead atoms. The van der Waals surface area contributed by atoms with E-state index < -0.39 is 24.0 Å². The lowest BCUT2D eigenvalue weighted by molar-refractivity contribution is -0.145. The van der Waals surface area contributed by atoms with Gasteiger partial charge in [0.25, 0.3) is 0 Å². The first-order valence-corrected chi connectivity index (χ1v) is 6.90. The largest absolute Gasteiger partial charge is 0.469 e. The topological polar surface area (TPSA) is 64.6 Å². The van der Waals surface area contributed by atoms with Gasteiger partial charge in [-0.15, -0.1) is 13.2 Å². The van der Waals surface area contributed by atoms with Gasteiger partial charge >= 0.3 is 12.1 Å². The fourth-order valence-electron chi connectivity index (χ4n) is 1.95. The molecule has 0 aromatic heterocycles. The Kier molecular flexibility index (Phi) is 7.47. The summed E-state index contributed by atoms with van der Waals surface area (Å²) in [6.45, 7) is 7.40. The number of ether oxygens (including phenoxy) is 2. The van der Waals surface area contributed by atoms with Gasteiger partial charge in [-0.25, -0.2) is 4.79 Å². The van der Waals surface area contributed by atoms with Crippen molar-refractivity contribution in [2.24, 2.45) is 5.92 Å². The molecule has 0 saturated heterocycles. The van der Waals surface area contributed by atoms with Crippen molar-refractivity contribution >= 4 is 12.1 Å². The Labute approximate surface area is 130 Å². The zero-order valence-corrected chi connectivity index (χ0v) is 12.7. The molecule has 0 heterocycles. The van der Waals surface area contributed by atoms with E-state index in [4.69, 9.17) is 9.47 Å². The van der Waals surface area contributed by atoms with E-state index in [0.717, 1.165) is 5.56 Å². The van der Waals surface area contributed by atoms with E-state index in [1.54, 1.807) is 6.08 Å². The molecule has 5 nitrogen and oxygen atoms in total. The van der Waals surface area contributed by atoms with Crippen LogP contribution in [0.15, 0.2) is 55.6 Å². The molecule has 118 valence electrons. The van der Waals surface area contributed by atoms with Crippen molar-refractivity contribution in [2.45, 2.75) is 19.1 Å². The monoisotopic (exact) mass is 303 g/mol. The second-order valence-electron chi connectivity index (χ2n) is 4.62. The normalized spacial score (nSPS) is 12.6. The summed E-state index contributed by atoms with van der Waals surface area (Å²) in [6.07, 6.45) is 2.82. The molecular formula is C17H21NO4. The molecule has 0 aliphatic heterocycles. The van der Waals surface area contributed by atoms with Gasteiger partial charge in [0.15, 0.2) is 0 Å². The van der Waals surface area contributed by atoms with Crippen LogP contribution < -0.4 is 5.32 Å². The molecule has 1 N–H and O–H groups in total. The van der Waals surface area contributed by atoms with Crippen molar-refractivity contribution in [1.29, 1.82) is 0 Å². The van der Waals surface area contributed by atoms with Gasteiger partial charge in [-0.05, 0) is 12.0 Å². The van der Waals surface area contributed by atoms with Crippen LogP contribution in [0, 0.1) is 5.92 Å². The molecule has 1 amide bonds. The van der Waals surface area contributed by atoms with E-state index in [9.17, 15) is 9.59 Å². The maximum Gasteiger partial charge on any atom is 0.407 e. The van der Waals surface area contributed by atoms with Crippen LogP contribution in [0.2, 0.25) is 0 Å². The predicted molar refractivity (Wildman–Crippen MR) is 84.1 cm³/mol. The third-order valence-electron chi connectivity index (χ3n) is 3.11. The highest BCUT2D eigenvalue weighted by Gasteiger charge is 2.27. The number of amides is 1. The zero-order chi connectivity index (χ0) is 16.4. The van der Waals surface area contributed by atoms with Crippen LogP contribution in [0.25, 0.3) is 0 Å². The first-order chi connectivity index (χ1) is 10.6. The summed E-state index contributed by atoms with van der Waals surface area (Å²) < 4.78 is 9.86. The summed E-state index contributed by atoms with van der Waals surface area (Å²) in [6, 6.07) is 8.73. The third kappa shape index (κ3) is 5.44. The maximum atomic E-state index is 11.8. The molecule has 0 spiro atoms. The molecule has 1 aromatic rings. The lowest BCUT2D eigenvalue weighted by Crippen LogP contribution is -2.42. The van der Waals surface area contributed by atoms with E-state index in [0.29, 0.717) is 6.42 Å². The van der Waals surface area contributed by atoms with Crippen molar-refractivity contribution in [3.8, 4) is 0 Å². The number of alkyl carbamates (subject to hydrolysis) is 1. The zero-order valence-electron chi connectivity index (χ0n) is 12.7. The highest BCUT2D eigenvalue weighted by Crippen LogP contribution is 2.13. The maximum absolute atomic E-state index is 11.8. The molecule has 1 aromatic carbocycles. The van der Waals surface area contributed by atoms with Gasteiger partial charge in [-0.2, -0.15) is 0 Å².